The number of benzene rings is 2. The van der Waals surface area contributed by atoms with Crippen LogP contribution in [0.15, 0.2) is 58.1 Å². The minimum Gasteiger partial charge on any atom is -0.486 e. The lowest BCUT2D eigenvalue weighted by atomic mass is 10.1. The zero-order valence-corrected chi connectivity index (χ0v) is 18.9. The number of carboxylic acids is 1. The molecule has 0 spiro atoms. The maximum absolute atomic E-state index is 13.3. The summed E-state index contributed by atoms with van der Waals surface area (Å²) in [5.41, 5.74) is 1.06. The van der Waals surface area contributed by atoms with Crippen molar-refractivity contribution in [2.24, 2.45) is 5.92 Å². The Hall–Kier alpha value is -3.92. The number of rotatable bonds is 9. The van der Waals surface area contributed by atoms with Crippen LogP contribution in [0.2, 0.25) is 0 Å². The van der Waals surface area contributed by atoms with Gasteiger partial charge >= 0.3 is 17.3 Å². The van der Waals surface area contributed by atoms with Crippen LogP contribution in [0.3, 0.4) is 0 Å². The van der Waals surface area contributed by atoms with Gasteiger partial charge in [0.15, 0.2) is 0 Å². The molecule has 1 aromatic heterocycles. The lowest BCUT2D eigenvalue weighted by Crippen LogP contribution is -2.44. The first-order chi connectivity index (χ1) is 16.3. The van der Waals surface area contributed by atoms with Crippen molar-refractivity contribution in [1.29, 1.82) is 0 Å². The van der Waals surface area contributed by atoms with Gasteiger partial charge in [-0.1, -0.05) is 36.8 Å². The number of aliphatic carboxylic acids is 1. The Balaban J connectivity index is 1.66. The Morgan fingerprint density at radius 1 is 1.15 bits per heavy atom. The number of hydrogen-bond donors (Lipinski definition) is 2. The fraction of sp³-hybridized carbons (Fsp3) is 0.333. The van der Waals surface area contributed by atoms with Crippen LogP contribution in [0.25, 0.3) is 0 Å². The summed E-state index contributed by atoms with van der Waals surface area (Å²) in [5.74, 6) is -1.28. The molecular formula is C24H26N4O6. The minimum absolute atomic E-state index is 0.0425. The van der Waals surface area contributed by atoms with Gasteiger partial charge in [0.1, 0.15) is 11.9 Å². The van der Waals surface area contributed by atoms with Crippen LogP contribution in [0.1, 0.15) is 18.1 Å². The van der Waals surface area contributed by atoms with E-state index in [0.717, 1.165) is 15.7 Å². The number of hydrogen-bond acceptors (Lipinski definition) is 7. The molecule has 4 rings (SSSR count). The summed E-state index contributed by atoms with van der Waals surface area (Å²) >= 11 is 0. The van der Waals surface area contributed by atoms with E-state index in [4.69, 9.17) is 9.47 Å². The van der Waals surface area contributed by atoms with Gasteiger partial charge in [-0.3, -0.25) is 9.36 Å². The molecule has 0 saturated carbocycles. The van der Waals surface area contributed by atoms with Crippen LogP contribution in [0.4, 0.5) is 11.6 Å². The number of nitrogens with one attached hydrogen (secondary N) is 1. The van der Waals surface area contributed by atoms with Gasteiger partial charge in [0, 0.05) is 12.2 Å². The maximum Gasteiger partial charge on any atom is 0.354 e. The summed E-state index contributed by atoms with van der Waals surface area (Å²) in [5, 5.41) is 12.3. The number of nitrogens with zero attached hydrogens (tertiary/aromatic N) is 3. The number of ether oxygens (including phenoxy) is 2. The van der Waals surface area contributed by atoms with Crippen LogP contribution in [-0.4, -0.2) is 44.5 Å². The van der Waals surface area contributed by atoms with Crippen LogP contribution in [0, 0.1) is 12.8 Å². The molecule has 1 aliphatic heterocycles. The first kappa shape index (κ1) is 23.2. The van der Waals surface area contributed by atoms with Gasteiger partial charge in [-0.05, 0) is 36.8 Å². The molecule has 1 fully saturated rings. The summed E-state index contributed by atoms with van der Waals surface area (Å²) in [6.45, 7) is 4.40. The van der Waals surface area contributed by atoms with Crippen LogP contribution >= 0.6 is 0 Å². The molecule has 1 atom stereocenters. The van der Waals surface area contributed by atoms with E-state index in [1.807, 2.05) is 31.2 Å². The minimum atomic E-state index is -1.10. The average molecular weight is 466 g/mol. The molecule has 0 amide bonds. The smallest absolute Gasteiger partial charge is 0.354 e. The van der Waals surface area contributed by atoms with Gasteiger partial charge in [0.2, 0.25) is 5.95 Å². The van der Waals surface area contributed by atoms with Gasteiger partial charge in [-0.15, -0.1) is 0 Å². The van der Waals surface area contributed by atoms with Crippen molar-refractivity contribution >= 4 is 17.6 Å². The predicted octanol–water partition coefficient (Wildman–Crippen LogP) is 2.00. The third kappa shape index (κ3) is 5.34. The van der Waals surface area contributed by atoms with E-state index in [1.54, 1.807) is 24.3 Å². The highest BCUT2D eigenvalue weighted by Crippen LogP contribution is 2.21. The molecule has 1 saturated heterocycles. The Labute approximate surface area is 195 Å². The number of anilines is 2. The largest absolute Gasteiger partial charge is 0.486 e. The predicted molar refractivity (Wildman–Crippen MR) is 125 cm³/mol. The molecular weight excluding hydrogens is 440 g/mol. The van der Waals surface area contributed by atoms with Crippen molar-refractivity contribution in [3.05, 3.63) is 80.6 Å². The zero-order chi connectivity index (χ0) is 24.2. The molecule has 10 nitrogen and oxygen atoms in total. The Morgan fingerprint density at radius 2 is 1.82 bits per heavy atom. The number of carbonyl (C=O) groups is 1. The summed E-state index contributed by atoms with van der Waals surface area (Å²) in [7, 11) is 0. The SMILES string of the molecule is Cc1ccc(Cn2c(Nc3ccc(OC4COC4)cc3)nc(=O)n(C[C@H](C)C(=O)O)c2=O)cc1. The lowest BCUT2D eigenvalue weighted by molar-refractivity contribution is -0.141. The molecule has 0 aliphatic carbocycles. The van der Waals surface area contributed by atoms with E-state index >= 15 is 0 Å². The molecule has 2 heterocycles. The molecule has 3 aromatic rings. The monoisotopic (exact) mass is 466 g/mol. The van der Waals surface area contributed by atoms with Crippen molar-refractivity contribution in [3.8, 4) is 5.75 Å². The third-order valence-electron chi connectivity index (χ3n) is 5.51. The van der Waals surface area contributed by atoms with E-state index in [2.05, 4.69) is 10.3 Å². The summed E-state index contributed by atoms with van der Waals surface area (Å²) in [6.07, 6.45) is 0.0425. The molecule has 34 heavy (non-hydrogen) atoms. The molecule has 1 aliphatic rings. The summed E-state index contributed by atoms with van der Waals surface area (Å²) in [4.78, 5) is 41.3. The zero-order valence-electron chi connectivity index (χ0n) is 18.9. The molecule has 0 radical (unpaired) electrons. The van der Waals surface area contributed by atoms with Gasteiger partial charge in [0.05, 0.1) is 25.7 Å². The molecule has 0 bridgehead atoms. The van der Waals surface area contributed by atoms with Crippen LogP contribution < -0.4 is 21.4 Å². The number of carboxylic acid groups (broad SMARTS) is 1. The topological polar surface area (TPSA) is 125 Å². The van der Waals surface area contributed by atoms with E-state index < -0.39 is 23.3 Å². The molecule has 0 unspecified atom stereocenters. The van der Waals surface area contributed by atoms with Gasteiger partial charge < -0.3 is 19.9 Å². The van der Waals surface area contributed by atoms with E-state index in [-0.39, 0.29) is 25.1 Å². The summed E-state index contributed by atoms with van der Waals surface area (Å²) in [6, 6.07) is 14.7. The second-order valence-electron chi connectivity index (χ2n) is 8.35. The number of aromatic nitrogens is 3. The highest BCUT2D eigenvalue weighted by molar-refractivity contribution is 5.69. The van der Waals surface area contributed by atoms with Crippen molar-refractivity contribution in [3.63, 3.8) is 0 Å². The highest BCUT2D eigenvalue weighted by Gasteiger charge is 2.21. The quantitative estimate of drug-likeness (QED) is 0.491. The molecule has 178 valence electrons. The second-order valence-corrected chi connectivity index (χ2v) is 8.35. The van der Waals surface area contributed by atoms with E-state index in [1.165, 1.54) is 11.5 Å². The van der Waals surface area contributed by atoms with Gasteiger partial charge in [-0.25, -0.2) is 14.2 Å². The average Bonchev–Trinajstić information content (AvgIpc) is 2.78. The van der Waals surface area contributed by atoms with Crippen molar-refractivity contribution < 1.29 is 19.4 Å². The standard InChI is InChI=1S/C24H26N4O6/c1-15-3-5-17(6-4-15)12-27-22(26-23(31)28(24(27)32)11-16(2)21(29)30)25-18-7-9-19(10-8-18)34-20-13-33-14-20/h3-10,16,20H,11-14H2,1-2H3,(H,29,30)(H,25,26,31)/t16-/m0/s1. The summed E-state index contributed by atoms with van der Waals surface area (Å²) < 4.78 is 13.0. The van der Waals surface area contributed by atoms with E-state index in [9.17, 15) is 19.5 Å². The normalized spacial score (nSPS) is 14.3. The fourth-order valence-electron chi connectivity index (χ4n) is 3.37. The van der Waals surface area contributed by atoms with Crippen molar-refractivity contribution in [2.75, 3.05) is 18.5 Å². The van der Waals surface area contributed by atoms with Gasteiger partial charge in [-0.2, -0.15) is 4.98 Å². The molecule has 2 aromatic carbocycles. The van der Waals surface area contributed by atoms with Crippen molar-refractivity contribution in [2.45, 2.75) is 33.0 Å². The maximum atomic E-state index is 13.3. The first-order valence-corrected chi connectivity index (χ1v) is 10.9. The first-order valence-electron chi connectivity index (χ1n) is 10.9. The molecule has 10 heteroatoms. The third-order valence-corrected chi connectivity index (χ3v) is 5.51. The van der Waals surface area contributed by atoms with Crippen LogP contribution in [0.5, 0.6) is 5.75 Å². The van der Waals surface area contributed by atoms with Crippen molar-refractivity contribution in [1.82, 2.24) is 14.1 Å². The Kier molecular flexibility index (Phi) is 6.78. The van der Waals surface area contributed by atoms with Gasteiger partial charge in [0.25, 0.3) is 0 Å². The molecule has 2 N–H and O–H groups in total. The Bertz CT molecular complexity index is 1280. The second kappa shape index (κ2) is 9.92. The Morgan fingerprint density at radius 3 is 2.41 bits per heavy atom. The highest BCUT2D eigenvalue weighted by atomic mass is 16.6. The van der Waals surface area contributed by atoms with Crippen LogP contribution in [-0.2, 0) is 22.6 Å². The fourth-order valence-corrected chi connectivity index (χ4v) is 3.37. The lowest BCUT2D eigenvalue weighted by Gasteiger charge is -2.26. The number of aryl methyl sites for hydroxylation is 1. The van der Waals surface area contributed by atoms with E-state index in [0.29, 0.717) is 24.7 Å².